The third-order valence-electron chi connectivity index (χ3n) is 2.49. The monoisotopic (exact) mass is 271 g/mol. The van der Waals surface area contributed by atoms with Gasteiger partial charge in [0.05, 0.1) is 5.38 Å². The molecule has 0 aromatic heterocycles. The summed E-state index contributed by atoms with van der Waals surface area (Å²) in [6, 6.07) is 3.30. The highest BCUT2D eigenvalue weighted by Crippen LogP contribution is 2.25. The van der Waals surface area contributed by atoms with Crippen LogP contribution in [0.5, 0.6) is 0 Å². The summed E-state index contributed by atoms with van der Waals surface area (Å²) in [5, 5.41) is -0.611. The summed E-state index contributed by atoms with van der Waals surface area (Å²) >= 11 is 6.13. The van der Waals surface area contributed by atoms with Crippen molar-refractivity contribution >= 4 is 11.6 Å². The molecule has 0 saturated carbocycles. The van der Waals surface area contributed by atoms with Crippen molar-refractivity contribution in [3.63, 3.8) is 0 Å². The minimum absolute atomic E-state index is 0.176. The zero-order chi connectivity index (χ0) is 13.5. The van der Waals surface area contributed by atoms with E-state index in [9.17, 15) is 8.78 Å². The molecule has 1 nitrogen and oxygen atoms in total. The van der Waals surface area contributed by atoms with Crippen LogP contribution in [0, 0.1) is 11.6 Å². The van der Waals surface area contributed by atoms with Crippen molar-refractivity contribution in [3.05, 3.63) is 60.7 Å². The third kappa shape index (κ3) is 4.24. The highest BCUT2D eigenvalue weighted by atomic mass is 35.5. The molecule has 0 N–H and O–H groups in total. The lowest BCUT2D eigenvalue weighted by Gasteiger charge is -2.22. The van der Waals surface area contributed by atoms with Crippen LogP contribution in [0.25, 0.3) is 0 Å². The molecule has 18 heavy (non-hydrogen) atoms. The standard InChI is InChI=1S/C14H16ClF2N/c1-3-7-18(8-4-2)10-13(15)12-9-11(16)5-6-14(12)17/h3-6,9,13H,1-2,7-8,10H2. The molecular formula is C14H16ClF2N. The molecule has 0 bridgehead atoms. The predicted molar refractivity (Wildman–Crippen MR) is 71.8 cm³/mol. The molecule has 1 unspecified atom stereocenters. The van der Waals surface area contributed by atoms with Crippen LogP contribution in [0.3, 0.4) is 0 Å². The second kappa shape index (κ2) is 7.29. The number of rotatable bonds is 7. The lowest BCUT2D eigenvalue weighted by molar-refractivity contribution is 0.333. The van der Waals surface area contributed by atoms with Crippen LogP contribution in [0.1, 0.15) is 10.9 Å². The van der Waals surface area contributed by atoms with Crippen LogP contribution in [0.2, 0.25) is 0 Å². The molecule has 1 rings (SSSR count). The molecule has 0 heterocycles. The molecule has 1 aromatic carbocycles. The molecule has 1 aromatic rings. The van der Waals surface area contributed by atoms with Crippen molar-refractivity contribution in [3.8, 4) is 0 Å². The molecule has 0 aliphatic carbocycles. The Labute approximate surface area is 111 Å². The summed E-state index contributed by atoms with van der Waals surface area (Å²) in [6.07, 6.45) is 3.46. The van der Waals surface area contributed by atoms with Crippen LogP contribution < -0.4 is 0 Å². The summed E-state index contributed by atoms with van der Waals surface area (Å²) in [6.45, 7) is 8.92. The number of benzene rings is 1. The lowest BCUT2D eigenvalue weighted by Crippen LogP contribution is -2.27. The molecule has 0 aliphatic rings. The van der Waals surface area contributed by atoms with Crippen molar-refractivity contribution in [2.45, 2.75) is 5.38 Å². The molecule has 1 atom stereocenters. The maximum atomic E-state index is 13.5. The van der Waals surface area contributed by atoms with Gasteiger partial charge in [-0.05, 0) is 18.2 Å². The van der Waals surface area contributed by atoms with Crippen LogP contribution in [-0.2, 0) is 0 Å². The summed E-state index contributed by atoms with van der Waals surface area (Å²) < 4.78 is 26.6. The Bertz CT molecular complexity index is 410. The van der Waals surface area contributed by atoms with Crippen LogP contribution >= 0.6 is 11.6 Å². The van der Waals surface area contributed by atoms with Crippen LogP contribution in [0.15, 0.2) is 43.5 Å². The summed E-state index contributed by atoms with van der Waals surface area (Å²) in [7, 11) is 0. The SMILES string of the molecule is C=CCN(CC=C)CC(Cl)c1cc(F)ccc1F. The van der Waals surface area contributed by atoms with E-state index >= 15 is 0 Å². The first-order valence-electron chi connectivity index (χ1n) is 5.61. The van der Waals surface area contributed by atoms with E-state index in [1.165, 1.54) is 0 Å². The number of alkyl halides is 1. The number of hydrogen-bond acceptors (Lipinski definition) is 1. The zero-order valence-corrected chi connectivity index (χ0v) is 10.8. The zero-order valence-electron chi connectivity index (χ0n) is 10.1. The van der Waals surface area contributed by atoms with Crippen molar-refractivity contribution in [1.29, 1.82) is 0 Å². The average Bonchev–Trinajstić information content (AvgIpc) is 2.33. The Hall–Kier alpha value is -1.19. The quantitative estimate of drug-likeness (QED) is 0.537. The minimum atomic E-state index is -0.611. The fraction of sp³-hybridized carbons (Fsp3) is 0.286. The first kappa shape index (κ1) is 14.9. The van der Waals surface area contributed by atoms with Gasteiger partial charge >= 0.3 is 0 Å². The van der Waals surface area contributed by atoms with Crippen molar-refractivity contribution < 1.29 is 8.78 Å². The Morgan fingerprint density at radius 1 is 1.22 bits per heavy atom. The highest BCUT2D eigenvalue weighted by molar-refractivity contribution is 6.21. The number of nitrogens with zero attached hydrogens (tertiary/aromatic N) is 1. The van der Waals surface area contributed by atoms with Crippen LogP contribution in [0.4, 0.5) is 8.78 Å². The van der Waals surface area contributed by atoms with Crippen molar-refractivity contribution in [2.75, 3.05) is 19.6 Å². The van der Waals surface area contributed by atoms with Crippen molar-refractivity contribution in [2.24, 2.45) is 0 Å². The van der Waals surface area contributed by atoms with Gasteiger partial charge in [0.15, 0.2) is 0 Å². The van der Waals surface area contributed by atoms with Crippen LogP contribution in [-0.4, -0.2) is 24.5 Å². The first-order chi connectivity index (χ1) is 8.58. The smallest absolute Gasteiger partial charge is 0.128 e. The van der Waals surface area contributed by atoms with E-state index in [4.69, 9.17) is 11.6 Å². The second-order valence-electron chi connectivity index (χ2n) is 3.93. The van der Waals surface area contributed by atoms with E-state index in [0.717, 1.165) is 18.2 Å². The average molecular weight is 272 g/mol. The molecule has 98 valence electrons. The maximum Gasteiger partial charge on any atom is 0.128 e. The van der Waals surface area contributed by atoms with Gasteiger partial charge < -0.3 is 0 Å². The maximum absolute atomic E-state index is 13.5. The van der Waals surface area contributed by atoms with Gasteiger partial charge in [0.1, 0.15) is 11.6 Å². The first-order valence-corrected chi connectivity index (χ1v) is 6.05. The summed E-state index contributed by atoms with van der Waals surface area (Å²) in [5.41, 5.74) is 0.176. The van der Waals surface area contributed by atoms with E-state index < -0.39 is 17.0 Å². The summed E-state index contributed by atoms with van der Waals surface area (Å²) in [4.78, 5) is 1.95. The third-order valence-corrected chi connectivity index (χ3v) is 2.86. The van der Waals surface area contributed by atoms with Gasteiger partial charge in [0.25, 0.3) is 0 Å². The molecule has 0 saturated heterocycles. The molecular weight excluding hydrogens is 256 g/mol. The van der Waals surface area contributed by atoms with Gasteiger partial charge in [-0.2, -0.15) is 0 Å². The van der Waals surface area contributed by atoms with Crippen molar-refractivity contribution in [1.82, 2.24) is 4.90 Å². The van der Waals surface area contributed by atoms with Gasteiger partial charge in [-0.1, -0.05) is 12.2 Å². The van der Waals surface area contributed by atoms with E-state index in [-0.39, 0.29) is 5.56 Å². The minimum Gasteiger partial charge on any atom is -0.294 e. The molecule has 0 aliphatic heterocycles. The van der Waals surface area contributed by atoms with E-state index in [1.54, 1.807) is 12.2 Å². The van der Waals surface area contributed by atoms with Gasteiger partial charge in [-0.25, -0.2) is 8.78 Å². The molecule has 0 fully saturated rings. The van der Waals surface area contributed by atoms with E-state index in [0.29, 0.717) is 19.6 Å². The second-order valence-corrected chi connectivity index (χ2v) is 4.46. The Morgan fingerprint density at radius 2 is 1.83 bits per heavy atom. The normalized spacial score (nSPS) is 12.4. The Morgan fingerprint density at radius 3 is 2.39 bits per heavy atom. The van der Waals surface area contributed by atoms with E-state index in [2.05, 4.69) is 13.2 Å². The highest BCUT2D eigenvalue weighted by Gasteiger charge is 2.16. The fourth-order valence-electron chi connectivity index (χ4n) is 1.67. The Balaban J connectivity index is 2.78. The van der Waals surface area contributed by atoms with Gasteiger partial charge in [-0.15, -0.1) is 24.8 Å². The number of halogens is 3. The fourth-order valence-corrected chi connectivity index (χ4v) is 2.03. The van der Waals surface area contributed by atoms with Gasteiger partial charge in [0.2, 0.25) is 0 Å². The molecule has 4 heteroatoms. The lowest BCUT2D eigenvalue weighted by atomic mass is 10.1. The molecule has 0 spiro atoms. The van der Waals surface area contributed by atoms with Gasteiger partial charge in [0, 0.05) is 25.2 Å². The largest absolute Gasteiger partial charge is 0.294 e. The summed E-state index contributed by atoms with van der Waals surface area (Å²) in [5.74, 6) is -0.982. The predicted octanol–water partition coefficient (Wildman–Crippen LogP) is 3.92. The Kier molecular flexibility index (Phi) is 6.02. The molecule has 0 amide bonds. The van der Waals surface area contributed by atoms with Gasteiger partial charge in [-0.3, -0.25) is 4.90 Å². The topological polar surface area (TPSA) is 3.24 Å². The number of hydrogen-bond donors (Lipinski definition) is 0. The van der Waals surface area contributed by atoms with E-state index in [1.807, 2.05) is 4.90 Å². The molecule has 0 radical (unpaired) electrons.